The summed E-state index contributed by atoms with van der Waals surface area (Å²) in [6.45, 7) is 3.87. The number of halogens is 3. The lowest BCUT2D eigenvalue weighted by molar-refractivity contribution is 0.416. The van der Waals surface area contributed by atoms with Crippen molar-refractivity contribution >= 4 is 59.4 Å². The second-order valence-corrected chi connectivity index (χ2v) is 6.83. The molecule has 3 N–H and O–H groups in total. The maximum Gasteiger partial charge on any atom is 0.187 e. The van der Waals surface area contributed by atoms with Crippen molar-refractivity contribution < 1.29 is 4.74 Å². The van der Waals surface area contributed by atoms with Crippen LogP contribution >= 0.6 is 48.6 Å². The summed E-state index contributed by atoms with van der Waals surface area (Å²) < 4.78 is 5.54. The van der Waals surface area contributed by atoms with E-state index in [0.29, 0.717) is 0 Å². The van der Waals surface area contributed by atoms with E-state index in [0.717, 1.165) is 53.2 Å². The average molecular weight is 451 g/mol. The number of thiazole rings is 1. The average Bonchev–Trinajstić information content (AvgIpc) is 3.20. The normalized spacial score (nSPS) is 12.1. The van der Waals surface area contributed by atoms with E-state index in [1.165, 1.54) is 10.6 Å². The number of methoxy groups -OCH3 is 1. The van der Waals surface area contributed by atoms with Crippen molar-refractivity contribution in [2.45, 2.75) is 19.9 Å². The molecule has 0 atom stereocenters. The zero-order valence-electron chi connectivity index (χ0n) is 14.9. The molecule has 6 nitrogen and oxygen atoms in total. The van der Waals surface area contributed by atoms with Crippen LogP contribution in [0.15, 0.2) is 24.4 Å². The Bertz CT molecular complexity index is 860. The fourth-order valence-electron chi connectivity index (χ4n) is 2.82. The molecule has 4 rings (SSSR count). The number of anilines is 2. The number of nitrogens with zero attached hydrogens (tertiary/aromatic N) is 2. The Balaban J connectivity index is 0.00000121. The smallest absolute Gasteiger partial charge is 0.187 e. The molecule has 1 aliphatic rings. The van der Waals surface area contributed by atoms with Gasteiger partial charge in [0, 0.05) is 42.3 Å². The maximum atomic E-state index is 5.54. The van der Waals surface area contributed by atoms with Gasteiger partial charge in [0.1, 0.15) is 11.6 Å². The predicted octanol–water partition coefficient (Wildman–Crippen LogP) is 4.50. The van der Waals surface area contributed by atoms with E-state index < -0.39 is 0 Å². The van der Waals surface area contributed by atoms with E-state index in [9.17, 15) is 0 Å². The van der Waals surface area contributed by atoms with Crippen LogP contribution < -0.4 is 15.4 Å². The molecule has 2 aromatic heterocycles. The number of nitrogens with one attached hydrogen (secondary N) is 3. The lowest BCUT2D eigenvalue weighted by Gasteiger charge is -2.09. The summed E-state index contributed by atoms with van der Waals surface area (Å²) in [5, 5.41) is 7.69. The maximum absolute atomic E-state index is 5.54. The lowest BCUT2D eigenvalue weighted by atomic mass is 10.1. The SMILES string of the molecule is COc1cc(Nc2nc3c(s2)CNCC3)ccc1-c1nc(C)c[nH]1.Cl.Cl.Cl. The number of fused-ring (bicyclic) bond motifs is 1. The highest BCUT2D eigenvalue weighted by Crippen LogP contribution is 2.33. The van der Waals surface area contributed by atoms with Crippen LogP contribution in [0.5, 0.6) is 5.75 Å². The van der Waals surface area contributed by atoms with Crippen LogP contribution in [0, 0.1) is 6.92 Å². The fraction of sp³-hybridized carbons (Fsp3) is 0.294. The number of aromatic amines is 1. The zero-order chi connectivity index (χ0) is 16.5. The third-order valence-corrected chi connectivity index (χ3v) is 5.03. The molecule has 1 aliphatic heterocycles. The monoisotopic (exact) mass is 449 g/mol. The van der Waals surface area contributed by atoms with Crippen molar-refractivity contribution in [2.24, 2.45) is 0 Å². The summed E-state index contributed by atoms with van der Waals surface area (Å²) in [7, 11) is 1.67. The molecule has 27 heavy (non-hydrogen) atoms. The molecule has 0 saturated carbocycles. The van der Waals surface area contributed by atoms with Gasteiger partial charge in [-0.2, -0.15) is 0 Å². The second-order valence-electron chi connectivity index (χ2n) is 5.75. The minimum atomic E-state index is 0. The molecule has 10 heteroatoms. The molecule has 0 fully saturated rings. The molecule has 0 radical (unpaired) electrons. The largest absolute Gasteiger partial charge is 0.496 e. The van der Waals surface area contributed by atoms with E-state index in [1.54, 1.807) is 18.4 Å². The summed E-state index contributed by atoms with van der Waals surface area (Å²) in [6, 6.07) is 6.01. The Morgan fingerprint density at radius 3 is 2.67 bits per heavy atom. The van der Waals surface area contributed by atoms with Gasteiger partial charge in [-0.25, -0.2) is 9.97 Å². The molecule has 0 aliphatic carbocycles. The van der Waals surface area contributed by atoms with E-state index in [1.807, 2.05) is 31.3 Å². The molecular formula is C17H22Cl3N5OS. The van der Waals surface area contributed by atoms with Gasteiger partial charge in [-0.3, -0.25) is 0 Å². The van der Waals surface area contributed by atoms with Gasteiger partial charge in [-0.1, -0.05) is 0 Å². The molecule has 0 saturated heterocycles. The van der Waals surface area contributed by atoms with E-state index in [2.05, 4.69) is 20.6 Å². The van der Waals surface area contributed by atoms with Crippen LogP contribution in [-0.2, 0) is 13.0 Å². The van der Waals surface area contributed by atoms with Crippen molar-refractivity contribution in [3.63, 3.8) is 0 Å². The Kier molecular flexibility index (Phi) is 8.84. The van der Waals surface area contributed by atoms with Crippen molar-refractivity contribution in [1.82, 2.24) is 20.3 Å². The van der Waals surface area contributed by atoms with Crippen LogP contribution in [0.3, 0.4) is 0 Å². The highest BCUT2D eigenvalue weighted by molar-refractivity contribution is 7.15. The molecule has 0 amide bonds. The molecule has 1 aromatic carbocycles. The first-order chi connectivity index (χ1) is 11.7. The van der Waals surface area contributed by atoms with E-state index in [4.69, 9.17) is 9.72 Å². The molecular weight excluding hydrogens is 429 g/mol. The molecule has 3 aromatic rings. The fourth-order valence-corrected chi connectivity index (χ4v) is 3.82. The number of benzene rings is 1. The number of aryl methyl sites for hydroxylation is 1. The number of aromatic nitrogens is 3. The summed E-state index contributed by atoms with van der Waals surface area (Å²) in [5.74, 6) is 1.59. The van der Waals surface area contributed by atoms with Crippen molar-refractivity contribution in [1.29, 1.82) is 0 Å². The Labute approximate surface area is 180 Å². The van der Waals surface area contributed by atoms with Crippen LogP contribution in [0.1, 0.15) is 16.3 Å². The third-order valence-electron chi connectivity index (χ3n) is 4.02. The number of rotatable bonds is 4. The Morgan fingerprint density at radius 2 is 2.00 bits per heavy atom. The van der Waals surface area contributed by atoms with Crippen LogP contribution in [0.2, 0.25) is 0 Å². The van der Waals surface area contributed by atoms with Gasteiger partial charge >= 0.3 is 0 Å². The lowest BCUT2D eigenvalue weighted by Crippen LogP contribution is -2.22. The van der Waals surface area contributed by atoms with Crippen LogP contribution in [-0.4, -0.2) is 28.6 Å². The van der Waals surface area contributed by atoms with Crippen LogP contribution in [0.4, 0.5) is 10.8 Å². The molecule has 0 spiro atoms. The number of imidazole rings is 1. The van der Waals surface area contributed by atoms with Gasteiger partial charge in [0.2, 0.25) is 0 Å². The van der Waals surface area contributed by atoms with Gasteiger partial charge in [0.15, 0.2) is 5.13 Å². The van der Waals surface area contributed by atoms with Gasteiger partial charge < -0.3 is 20.4 Å². The molecule has 0 bridgehead atoms. The topological polar surface area (TPSA) is 74.9 Å². The van der Waals surface area contributed by atoms with Crippen molar-refractivity contribution in [3.05, 3.63) is 40.7 Å². The number of hydrogen-bond donors (Lipinski definition) is 3. The molecule has 148 valence electrons. The van der Waals surface area contributed by atoms with Crippen LogP contribution in [0.25, 0.3) is 11.4 Å². The van der Waals surface area contributed by atoms with E-state index >= 15 is 0 Å². The van der Waals surface area contributed by atoms with Gasteiger partial charge in [-0.15, -0.1) is 48.6 Å². The first kappa shape index (κ1) is 23.5. The van der Waals surface area contributed by atoms with Gasteiger partial charge in [-0.05, 0) is 19.1 Å². The number of H-pyrrole nitrogens is 1. The third kappa shape index (κ3) is 5.06. The quantitative estimate of drug-likeness (QED) is 0.545. The minimum Gasteiger partial charge on any atom is -0.496 e. The number of hydrogen-bond acceptors (Lipinski definition) is 6. The highest BCUT2D eigenvalue weighted by atomic mass is 35.5. The predicted molar refractivity (Wildman–Crippen MR) is 118 cm³/mol. The minimum absolute atomic E-state index is 0. The molecule has 3 heterocycles. The summed E-state index contributed by atoms with van der Waals surface area (Å²) >= 11 is 1.70. The van der Waals surface area contributed by atoms with Gasteiger partial charge in [0.05, 0.1) is 24.1 Å². The standard InChI is InChI=1S/C17H19N5OS.3ClH/c1-10-8-19-16(20-10)12-4-3-11(7-14(12)23-2)21-17-22-13-5-6-18-9-15(13)24-17;;;/h3-4,7-8,18H,5-6,9H2,1-2H3,(H,19,20)(H,21,22);3*1H. The van der Waals surface area contributed by atoms with Gasteiger partial charge in [0.25, 0.3) is 0 Å². The summed E-state index contributed by atoms with van der Waals surface area (Å²) in [6.07, 6.45) is 2.88. The number of ether oxygens (including phenoxy) is 1. The van der Waals surface area contributed by atoms with E-state index in [-0.39, 0.29) is 37.2 Å². The van der Waals surface area contributed by atoms with Crippen molar-refractivity contribution in [2.75, 3.05) is 19.0 Å². The Hall–Kier alpha value is -1.51. The summed E-state index contributed by atoms with van der Waals surface area (Å²) in [4.78, 5) is 13.7. The first-order valence-corrected chi connectivity index (χ1v) is 8.71. The first-order valence-electron chi connectivity index (χ1n) is 7.89. The highest BCUT2D eigenvalue weighted by Gasteiger charge is 2.15. The molecule has 0 unspecified atom stereocenters. The second kappa shape index (κ2) is 10.1. The summed E-state index contributed by atoms with van der Waals surface area (Å²) in [5.41, 5.74) is 4.06. The Morgan fingerprint density at radius 1 is 1.19 bits per heavy atom. The zero-order valence-corrected chi connectivity index (χ0v) is 18.1. The van der Waals surface area contributed by atoms with Crippen molar-refractivity contribution in [3.8, 4) is 17.1 Å².